The number of hydrazine groups is 1. The third kappa shape index (κ3) is 5.08. The Bertz CT molecular complexity index is 382. The minimum Gasteiger partial charge on any atom is -0.355 e. The molecule has 0 bridgehead atoms. The first-order valence-corrected chi connectivity index (χ1v) is 8.06. The molecule has 1 aliphatic heterocycles. The van der Waals surface area contributed by atoms with Crippen molar-refractivity contribution < 1.29 is 18.4 Å². The maximum Gasteiger partial charge on any atom is 0.226 e. The van der Waals surface area contributed by atoms with Gasteiger partial charge in [0, 0.05) is 19.4 Å². The molecule has 1 aliphatic carbocycles. The maximum atomic E-state index is 13.6. The van der Waals surface area contributed by atoms with E-state index in [4.69, 9.17) is 0 Å². The van der Waals surface area contributed by atoms with Gasteiger partial charge in [0.05, 0.1) is 11.8 Å². The zero-order valence-corrected chi connectivity index (χ0v) is 12.3. The lowest BCUT2D eigenvalue weighted by molar-refractivity contribution is -0.129. The van der Waals surface area contributed by atoms with Gasteiger partial charge >= 0.3 is 0 Å². The topological polar surface area (TPSA) is 82.3 Å². The summed E-state index contributed by atoms with van der Waals surface area (Å²) in [6.07, 6.45) is -2.24. The summed E-state index contributed by atoms with van der Waals surface area (Å²) in [4.78, 5) is 23.4. The van der Waals surface area contributed by atoms with Gasteiger partial charge < -0.3 is 10.6 Å². The SMILES string of the molecule is O=C(CCNC(=O)C1CCC(F)CC1F)NC1NNCS1. The van der Waals surface area contributed by atoms with Crippen LogP contribution in [0, 0.1) is 5.92 Å². The summed E-state index contributed by atoms with van der Waals surface area (Å²) in [7, 11) is 0. The molecule has 4 unspecified atom stereocenters. The number of amides is 2. The van der Waals surface area contributed by atoms with E-state index in [1.165, 1.54) is 11.8 Å². The Hall–Kier alpha value is -0.930. The number of hydrogen-bond donors (Lipinski definition) is 4. The Morgan fingerprint density at radius 2 is 2.10 bits per heavy atom. The van der Waals surface area contributed by atoms with Crippen LogP contribution in [0.5, 0.6) is 0 Å². The summed E-state index contributed by atoms with van der Waals surface area (Å²) in [6, 6.07) is 0. The molecule has 1 saturated carbocycles. The molecule has 0 aromatic carbocycles. The van der Waals surface area contributed by atoms with Crippen LogP contribution in [0.1, 0.15) is 25.7 Å². The molecule has 1 heterocycles. The number of thioether (sulfide) groups is 1. The number of alkyl halides is 2. The number of carbonyl (C=O) groups excluding carboxylic acids is 2. The van der Waals surface area contributed by atoms with Crippen LogP contribution < -0.4 is 21.5 Å². The molecule has 2 fully saturated rings. The number of halogens is 2. The van der Waals surface area contributed by atoms with Crippen LogP contribution in [0.4, 0.5) is 8.78 Å². The van der Waals surface area contributed by atoms with E-state index in [-0.39, 0.29) is 43.6 Å². The summed E-state index contributed by atoms with van der Waals surface area (Å²) < 4.78 is 26.6. The van der Waals surface area contributed by atoms with Crippen molar-refractivity contribution in [2.24, 2.45) is 5.92 Å². The average Bonchev–Trinajstić information content (AvgIpc) is 2.91. The van der Waals surface area contributed by atoms with Crippen molar-refractivity contribution in [1.29, 1.82) is 0 Å². The van der Waals surface area contributed by atoms with Gasteiger partial charge in [-0.05, 0) is 12.8 Å². The molecule has 0 spiro atoms. The van der Waals surface area contributed by atoms with Gasteiger partial charge in [0.2, 0.25) is 11.8 Å². The lowest BCUT2D eigenvalue weighted by Crippen LogP contribution is -2.44. The molecule has 0 aromatic heterocycles. The molecule has 120 valence electrons. The van der Waals surface area contributed by atoms with Gasteiger partial charge in [-0.1, -0.05) is 0 Å². The van der Waals surface area contributed by atoms with Gasteiger partial charge in [-0.15, -0.1) is 11.8 Å². The average molecular weight is 322 g/mol. The quantitative estimate of drug-likeness (QED) is 0.580. The highest BCUT2D eigenvalue weighted by Crippen LogP contribution is 2.29. The lowest BCUT2D eigenvalue weighted by atomic mass is 9.86. The predicted molar refractivity (Wildman–Crippen MR) is 75.4 cm³/mol. The predicted octanol–water partition coefficient (Wildman–Crippen LogP) is 0.167. The highest BCUT2D eigenvalue weighted by molar-refractivity contribution is 8.00. The maximum absolute atomic E-state index is 13.6. The van der Waals surface area contributed by atoms with Gasteiger partial charge in [0.15, 0.2) is 0 Å². The Labute approximate surface area is 126 Å². The molecule has 2 aliphatic rings. The molecule has 2 rings (SSSR count). The van der Waals surface area contributed by atoms with Crippen LogP contribution in [-0.2, 0) is 9.59 Å². The highest BCUT2D eigenvalue weighted by atomic mass is 32.2. The fourth-order valence-electron chi connectivity index (χ4n) is 2.39. The molecular weight excluding hydrogens is 302 g/mol. The van der Waals surface area contributed by atoms with Crippen molar-refractivity contribution in [2.75, 3.05) is 12.4 Å². The summed E-state index contributed by atoms with van der Waals surface area (Å²) >= 11 is 1.51. The standard InChI is InChI=1S/C12H20F2N4O2S/c13-7-1-2-8(9(14)5-7)11(20)15-4-3-10(19)17-12-18-16-6-21-12/h7-9,12,16,18H,1-6H2,(H,15,20)(H,17,19). The van der Waals surface area contributed by atoms with E-state index in [2.05, 4.69) is 21.5 Å². The van der Waals surface area contributed by atoms with Crippen LogP contribution in [0.2, 0.25) is 0 Å². The highest BCUT2D eigenvalue weighted by Gasteiger charge is 2.35. The number of rotatable bonds is 5. The molecule has 21 heavy (non-hydrogen) atoms. The second kappa shape index (κ2) is 7.90. The van der Waals surface area contributed by atoms with Crippen LogP contribution in [-0.4, -0.2) is 42.1 Å². The zero-order chi connectivity index (χ0) is 15.2. The Morgan fingerprint density at radius 1 is 1.29 bits per heavy atom. The van der Waals surface area contributed by atoms with Crippen LogP contribution in [0.3, 0.4) is 0 Å². The number of nitrogens with one attached hydrogen (secondary N) is 4. The van der Waals surface area contributed by atoms with Gasteiger partial charge in [-0.2, -0.15) is 0 Å². The third-order valence-corrected chi connectivity index (χ3v) is 4.42. The van der Waals surface area contributed by atoms with E-state index in [1.807, 2.05) is 0 Å². The van der Waals surface area contributed by atoms with E-state index < -0.39 is 24.2 Å². The summed E-state index contributed by atoms with van der Waals surface area (Å²) in [5.41, 5.74) is 5.54. The molecule has 9 heteroatoms. The molecule has 0 aromatic rings. The van der Waals surface area contributed by atoms with Gasteiger partial charge in [-0.25, -0.2) is 19.6 Å². The zero-order valence-electron chi connectivity index (χ0n) is 11.5. The first kappa shape index (κ1) is 16.4. The van der Waals surface area contributed by atoms with Crippen LogP contribution in [0.25, 0.3) is 0 Å². The minimum absolute atomic E-state index is 0.125. The number of carbonyl (C=O) groups is 2. The molecule has 4 atom stereocenters. The number of hydrogen-bond acceptors (Lipinski definition) is 5. The Morgan fingerprint density at radius 3 is 2.76 bits per heavy atom. The first-order chi connectivity index (χ1) is 10.1. The molecule has 2 amide bonds. The van der Waals surface area contributed by atoms with Gasteiger partial charge in [0.1, 0.15) is 17.8 Å². The summed E-state index contributed by atoms with van der Waals surface area (Å²) in [6.45, 7) is 0.151. The van der Waals surface area contributed by atoms with Crippen molar-refractivity contribution in [1.82, 2.24) is 21.5 Å². The Kier molecular flexibility index (Phi) is 6.19. The van der Waals surface area contributed by atoms with Gasteiger partial charge in [-0.3, -0.25) is 9.59 Å². The first-order valence-electron chi connectivity index (χ1n) is 7.01. The van der Waals surface area contributed by atoms with Crippen LogP contribution >= 0.6 is 11.8 Å². The monoisotopic (exact) mass is 322 g/mol. The third-order valence-electron chi connectivity index (χ3n) is 3.54. The fourth-order valence-corrected chi connectivity index (χ4v) is 3.11. The lowest BCUT2D eigenvalue weighted by Gasteiger charge is -2.27. The molecular formula is C12H20F2N4O2S. The van der Waals surface area contributed by atoms with E-state index in [0.29, 0.717) is 5.88 Å². The van der Waals surface area contributed by atoms with Crippen molar-refractivity contribution >= 4 is 23.6 Å². The molecule has 1 saturated heterocycles. The smallest absolute Gasteiger partial charge is 0.226 e. The second-order valence-electron chi connectivity index (χ2n) is 5.15. The van der Waals surface area contributed by atoms with E-state index >= 15 is 0 Å². The van der Waals surface area contributed by atoms with Gasteiger partial charge in [0.25, 0.3) is 0 Å². The fraction of sp³-hybridized carbons (Fsp3) is 0.833. The molecule has 4 N–H and O–H groups in total. The van der Waals surface area contributed by atoms with Crippen molar-refractivity contribution in [2.45, 2.75) is 43.5 Å². The van der Waals surface area contributed by atoms with E-state index in [9.17, 15) is 18.4 Å². The van der Waals surface area contributed by atoms with Crippen molar-refractivity contribution in [3.63, 3.8) is 0 Å². The minimum atomic E-state index is -1.44. The van der Waals surface area contributed by atoms with Crippen LogP contribution in [0.15, 0.2) is 0 Å². The largest absolute Gasteiger partial charge is 0.355 e. The Balaban J connectivity index is 1.63. The second-order valence-corrected chi connectivity index (χ2v) is 6.25. The van der Waals surface area contributed by atoms with E-state index in [1.54, 1.807) is 0 Å². The molecule has 0 radical (unpaired) electrons. The summed E-state index contributed by atoms with van der Waals surface area (Å²) in [5, 5.41) is 5.27. The van der Waals surface area contributed by atoms with Crippen molar-refractivity contribution in [3.8, 4) is 0 Å². The molecule has 6 nitrogen and oxygen atoms in total. The van der Waals surface area contributed by atoms with E-state index in [0.717, 1.165) is 0 Å². The van der Waals surface area contributed by atoms with Crippen molar-refractivity contribution in [3.05, 3.63) is 0 Å². The summed E-state index contributed by atoms with van der Waals surface area (Å²) in [5.74, 6) is -0.724. The normalized spacial score (nSPS) is 32.7.